The highest BCUT2D eigenvalue weighted by Crippen LogP contribution is 2.09. The summed E-state index contributed by atoms with van der Waals surface area (Å²) in [5.41, 5.74) is 0. The van der Waals surface area contributed by atoms with E-state index >= 15 is 0 Å². The first-order chi connectivity index (χ1) is 43.7. The molecule has 8 atom stereocenters. The molecule has 0 aromatic carbocycles. The number of ether oxygens (including phenoxy) is 14. The molecule has 4 N–H and O–H groups in total. The summed E-state index contributed by atoms with van der Waals surface area (Å²) in [6, 6.07) is 0. The fourth-order valence-electron chi connectivity index (χ4n) is 8.62. The molecule has 532 valence electrons. The van der Waals surface area contributed by atoms with E-state index in [0.29, 0.717) is 118 Å². The number of carbonyl (C=O) groups is 4. The summed E-state index contributed by atoms with van der Waals surface area (Å²) in [7, 11) is 4.24. The van der Waals surface area contributed by atoms with Crippen LogP contribution in [0.2, 0.25) is 0 Å². The first-order valence-electron chi connectivity index (χ1n) is 32.2. The molecule has 0 bridgehead atoms. The third-order valence-corrected chi connectivity index (χ3v) is 13.8. The Hall–Kier alpha value is -3.70. The molecule has 28 nitrogen and oxygen atoms in total. The number of carbonyl (C=O) groups excluding carboxylic acids is 4. The average molecular weight is 1310 g/mol. The molecule has 3 rings (SSSR count). The lowest BCUT2D eigenvalue weighted by molar-refractivity contribution is -0.145. The number of piperazine rings is 3. The zero-order valence-corrected chi connectivity index (χ0v) is 56.2. The van der Waals surface area contributed by atoms with E-state index in [4.69, 9.17) is 56.8 Å². The van der Waals surface area contributed by atoms with Crippen LogP contribution in [0.3, 0.4) is 0 Å². The minimum absolute atomic E-state index is 0.125. The Bertz CT molecular complexity index is 1800. The summed E-state index contributed by atoms with van der Waals surface area (Å²) < 4.78 is 74.4. The molecule has 28 heteroatoms. The zero-order chi connectivity index (χ0) is 67.3. The van der Waals surface area contributed by atoms with Gasteiger partial charge < -0.3 is 96.5 Å². The van der Waals surface area contributed by atoms with Crippen LogP contribution in [0.25, 0.3) is 0 Å². The van der Waals surface area contributed by atoms with E-state index in [1.165, 1.54) is 0 Å². The Morgan fingerprint density at radius 3 is 0.912 bits per heavy atom. The molecule has 3 aliphatic rings. The largest absolute Gasteiger partial charge is 0.463 e. The van der Waals surface area contributed by atoms with Crippen LogP contribution >= 0.6 is 0 Å². The molecule has 3 fully saturated rings. The molecule has 0 radical (unpaired) electrons. The highest BCUT2D eigenvalue weighted by Gasteiger charge is 2.24. The lowest BCUT2D eigenvalue weighted by Crippen LogP contribution is -2.51. The van der Waals surface area contributed by atoms with E-state index in [0.717, 1.165) is 103 Å². The number of esters is 4. The summed E-state index contributed by atoms with van der Waals surface area (Å²) in [5.74, 6) is -1.61. The molecule has 0 amide bonds. The lowest BCUT2D eigenvalue weighted by Gasteiger charge is -2.36. The number of β-amino-alcohol motifs (C(OH)–C–C–N with tert-alkyl or cyclic N) is 4. The maximum absolute atomic E-state index is 11.0. The summed E-state index contributed by atoms with van der Waals surface area (Å²) in [5, 5.41) is 41.8. The second-order valence-corrected chi connectivity index (χ2v) is 22.6. The van der Waals surface area contributed by atoms with Crippen LogP contribution in [0.1, 0.15) is 47.5 Å². The van der Waals surface area contributed by atoms with Crippen molar-refractivity contribution in [2.45, 2.75) is 96.3 Å². The predicted molar refractivity (Wildman–Crippen MR) is 341 cm³/mol. The Kier molecular flexibility index (Phi) is 53.1. The van der Waals surface area contributed by atoms with Gasteiger partial charge in [-0.25, -0.2) is 14.4 Å². The van der Waals surface area contributed by atoms with Crippen molar-refractivity contribution in [2.75, 3.05) is 251 Å². The number of aliphatic hydroxyl groups is 4. The van der Waals surface area contributed by atoms with E-state index in [1.807, 2.05) is 34.6 Å². The van der Waals surface area contributed by atoms with Crippen molar-refractivity contribution in [3.05, 3.63) is 38.0 Å². The Morgan fingerprint density at radius 1 is 0.363 bits per heavy atom. The molecule has 3 aliphatic heterocycles. The van der Waals surface area contributed by atoms with Gasteiger partial charge in [-0.05, 0) is 48.2 Å². The number of nitrogens with zero attached hydrogens (tertiary/aromatic N) is 6. The Labute approximate surface area is 542 Å². The van der Waals surface area contributed by atoms with Crippen LogP contribution in [-0.2, 0) is 85.5 Å². The maximum Gasteiger partial charge on any atom is 0.330 e. The third-order valence-electron chi connectivity index (χ3n) is 13.8. The minimum Gasteiger partial charge on any atom is -0.463 e. The smallest absolute Gasteiger partial charge is 0.330 e. The van der Waals surface area contributed by atoms with E-state index in [9.17, 15) is 39.6 Å². The summed E-state index contributed by atoms with van der Waals surface area (Å²) in [6.45, 7) is 39.3. The molecular weight excluding hydrogens is 1190 g/mol. The van der Waals surface area contributed by atoms with Crippen LogP contribution in [0.5, 0.6) is 0 Å². The Morgan fingerprint density at radius 2 is 0.615 bits per heavy atom. The fourth-order valence-corrected chi connectivity index (χ4v) is 8.62. The van der Waals surface area contributed by atoms with Gasteiger partial charge in [0.25, 0.3) is 0 Å². The minimum atomic E-state index is -0.599. The van der Waals surface area contributed by atoms with Crippen molar-refractivity contribution in [3.8, 4) is 0 Å². The molecule has 0 aliphatic carbocycles. The molecule has 0 aromatic heterocycles. The van der Waals surface area contributed by atoms with Crippen molar-refractivity contribution in [2.24, 2.45) is 0 Å². The van der Waals surface area contributed by atoms with Gasteiger partial charge in [0.2, 0.25) is 0 Å². The molecular formula is C63H118N6O22. The summed E-state index contributed by atoms with van der Waals surface area (Å²) in [6.07, 6.45) is 1.72. The zero-order valence-electron chi connectivity index (χ0n) is 56.2. The van der Waals surface area contributed by atoms with Crippen LogP contribution < -0.4 is 0 Å². The van der Waals surface area contributed by atoms with Crippen LogP contribution in [0, 0.1) is 0 Å². The molecule has 0 aromatic rings. The van der Waals surface area contributed by atoms with Crippen molar-refractivity contribution >= 4 is 23.9 Å². The van der Waals surface area contributed by atoms with Crippen molar-refractivity contribution in [3.63, 3.8) is 0 Å². The van der Waals surface area contributed by atoms with Gasteiger partial charge in [-0.2, -0.15) is 0 Å². The highest BCUT2D eigenvalue weighted by molar-refractivity contribution is 5.81. The van der Waals surface area contributed by atoms with Crippen LogP contribution in [0.4, 0.5) is 0 Å². The quantitative estimate of drug-likeness (QED) is 0.0265. The Balaban J connectivity index is 0.000000908. The van der Waals surface area contributed by atoms with Gasteiger partial charge in [0, 0.05) is 129 Å². The fraction of sp³-hybridized carbons (Fsp3) is 0.841. The first-order valence-corrected chi connectivity index (χ1v) is 32.2. The predicted octanol–water partition coefficient (Wildman–Crippen LogP) is -0.234. The monoisotopic (exact) mass is 1310 g/mol. The van der Waals surface area contributed by atoms with Crippen LogP contribution in [0.15, 0.2) is 38.0 Å². The van der Waals surface area contributed by atoms with Crippen molar-refractivity contribution in [1.29, 1.82) is 0 Å². The van der Waals surface area contributed by atoms with Crippen molar-refractivity contribution in [1.82, 2.24) is 29.4 Å². The SMILES string of the molecule is C=CC(=O)OCCOCCOCCOC(=O)C=C.C=CC(=O)OCCOCCOCCOC(=O)CCC.CC(COCC(O)CN1CCN(CC(O)COC(C)COC(C)COCC(O)CN2CCN(C)CC2)CC1)OCC(C)OCC(O)CN1CCN(C)CC1. The summed E-state index contributed by atoms with van der Waals surface area (Å²) in [4.78, 5) is 56.5. The molecule has 8 unspecified atom stereocenters. The molecule has 0 saturated carbocycles. The molecule has 91 heavy (non-hydrogen) atoms. The van der Waals surface area contributed by atoms with Gasteiger partial charge >= 0.3 is 23.9 Å². The lowest BCUT2D eigenvalue weighted by atomic mass is 10.2. The second-order valence-electron chi connectivity index (χ2n) is 22.6. The highest BCUT2D eigenvalue weighted by atomic mass is 16.6. The van der Waals surface area contributed by atoms with Gasteiger partial charge in [0.15, 0.2) is 0 Å². The molecule has 3 saturated heterocycles. The number of rotatable bonds is 51. The number of likely N-dealkylation sites (N-methyl/N-ethyl adjacent to an activating group) is 2. The van der Waals surface area contributed by atoms with E-state index in [1.54, 1.807) is 0 Å². The maximum atomic E-state index is 11.0. The standard InChI is InChI=1S/C38H78N6O10.C13H22O6.C12H18O6/c1-31(23-49-27-35(45)19-41-11-7-39(5)8-12-41)52-26-34(4)54-30-38(48)22-44-17-15-43(16-18-44)20-36(46)28-50-24-32(2)51-25-33(3)53-29-37(47)21-42-13-9-40(6)10-14-42;1-3-5-13(15)19-11-9-17-7-6-16-8-10-18-12(14)4-2;1-3-11(13)17-9-7-15-5-6-16-8-10-18-12(14)4-2/h31-38,45-48H,7-30H2,1-6H3;4H,2-3,5-11H2,1H3;3-4H,1-2,5-10H2. The average Bonchev–Trinajstić information content (AvgIpc) is 3.41. The molecule has 3 heterocycles. The number of aliphatic hydroxyl groups excluding tert-OH is 4. The van der Waals surface area contributed by atoms with Crippen LogP contribution in [-0.4, -0.2) is 373 Å². The molecule has 0 spiro atoms. The van der Waals surface area contributed by atoms with Gasteiger partial charge in [0.1, 0.15) is 26.4 Å². The van der Waals surface area contributed by atoms with E-state index < -0.39 is 42.3 Å². The van der Waals surface area contributed by atoms with E-state index in [-0.39, 0.29) is 76.6 Å². The van der Waals surface area contributed by atoms with Gasteiger partial charge in [-0.3, -0.25) is 24.4 Å². The van der Waals surface area contributed by atoms with E-state index in [2.05, 4.69) is 72.7 Å². The normalized spacial score (nSPS) is 18.1. The second kappa shape index (κ2) is 56.6. The topological polar surface area (TPSA) is 298 Å². The van der Waals surface area contributed by atoms with Gasteiger partial charge in [-0.1, -0.05) is 26.7 Å². The first kappa shape index (κ1) is 85.3. The van der Waals surface area contributed by atoms with Crippen molar-refractivity contribution < 1.29 is 106 Å². The van der Waals surface area contributed by atoms with Gasteiger partial charge in [0.05, 0.1) is 155 Å². The third kappa shape index (κ3) is 51.3. The summed E-state index contributed by atoms with van der Waals surface area (Å²) >= 11 is 0. The number of hydrogen-bond donors (Lipinski definition) is 4. The number of hydrogen-bond acceptors (Lipinski definition) is 28. The van der Waals surface area contributed by atoms with Gasteiger partial charge in [-0.15, -0.1) is 0 Å².